The molecule has 29 heavy (non-hydrogen) atoms. The van der Waals surface area contributed by atoms with Crippen LogP contribution >= 0.6 is 11.8 Å². The summed E-state index contributed by atoms with van der Waals surface area (Å²) in [5.41, 5.74) is 1.56. The molecule has 3 rings (SSSR count). The lowest BCUT2D eigenvalue weighted by atomic mass is 10.1. The van der Waals surface area contributed by atoms with Crippen molar-refractivity contribution in [3.63, 3.8) is 0 Å². The van der Waals surface area contributed by atoms with Crippen molar-refractivity contribution in [3.05, 3.63) is 64.6 Å². The lowest BCUT2D eigenvalue weighted by molar-refractivity contribution is -0.143. The number of hydrogen-bond donors (Lipinski definition) is 0. The van der Waals surface area contributed by atoms with Crippen LogP contribution in [-0.2, 0) is 20.9 Å². The molecule has 8 heteroatoms. The summed E-state index contributed by atoms with van der Waals surface area (Å²) in [7, 11) is 2.72. The minimum Gasteiger partial charge on any atom is -0.493 e. The first kappa shape index (κ1) is 20.5. The van der Waals surface area contributed by atoms with Gasteiger partial charge in [0.25, 0.3) is 11.1 Å². The smallest absolute Gasteiger partial charge is 0.325 e. The number of imide groups is 1. The maximum atomic E-state index is 12.6. The summed E-state index contributed by atoms with van der Waals surface area (Å²) in [6.07, 6.45) is 1.56. The van der Waals surface area contributed by atoms with Crippen LogP contribution in [0.25, 0.3) is 6.08 Å². The van der Waals surface area contributed by atoms with Crippen molar-refractivity contribution in [2.24, 2.45) is 0 Å². The summed E-state index contributed by atoms with van der Waals surface area (Å²) in [4.78, 5) is 37.2. The summed E-state index contributed by atoms with van der Waals surface area (Å²) >= 11 is 0.760. The van der Waals surface area contributed by atoms with Gasteiger partial charge >= 0.3 is 5.97 Å². The molecule has 0 aliphatic carbocycles. The van der Waals surface area contributed by atoms with E-state index in [-0.39, 0.29) is 4.91 Å². The number of esters is 1. The quantitative estimate of drug-likeness (QED) is 0.508. The minimum absolute atomic E-state index is 0.191. The summed E-state index contributed by atoms with van der Waals surface area (Å²) in [5, 5.41) is -0.527. The number of methoxy groups -OCH3 is 2. The van der Waals surface area contributed by atoms with E-state index in [4.69, 9.17) is 9.47 Å². The number of hydrogen-bond acceptors (Lipinski definition) is 7. The van der Waals surface area contributed by atoms with Crippen molar-refractivity contribution in [1.82, 2.24) is 4.90 Å². The fourth-order valence-corrected chi connectivity index (χ4v) is 3.49. The van der Waals surface area contributed by atoms with Gasteiger partial charge in [-0.25, -0.2) is 0 Å². The number of ether oxygens (including phenoxy) is 3. The number of benzene rings is 2. The third kappa shape index (κ3) is 4.78. The fourth-order valence-electron chi connectivity index (χ4n) is 2.66. The highest BCUT2D eigenvalue weighted by Crippen LogP contribution is 2.37. The van der Waals surface area contributed by atoms with Crippen molar-refractivity contribution in [2.75, 3.05) is 20.8 Å². The van der Waals surface area contributed by atoms with Gasteiger partial charge in [-0.1, -0.05) is 42.5 Å². The Morgan fingerprint density at radius 3 is 2.52 bits per heavy atom. The number of rotatable bonds is 7. The molecule has 0 saturated carbocycles. The number of para-hydroxylation sites is 1. The first-order chi connectivity index (χ1) is 14.0. The number of carbonyl (C=O) groups is 3. The molecule has 150 valence electrons. The van der Waals surface area contributed by atoms with Crippen molar-refractivity contribution < 1.29 is 28.6 Å². The van der Waals surface area contributed by atoms with Gasteiger partial charge in [-0.05, 0) is 29.5 Å². The van der Waals surface area contributed by atoms with Crippen LogP contribution in [0.5, 0.6) is 11.5 Å². The van der Waals surface area contributed by atoms with E-state index >= 15 is 0 Å². The minimum atomic E-state index is -0.665. The second-order valence-electron chi connectivity index (χ2n) is 6.00. The monoisotopic (exact) mass is 413 g/mol. The van der Waals surface area contributed by atoms with Crippen molar-refractivity contribution >= 4 is 35.0 Å². The van der Waals surface area contributed by atoms with Crippen LogP contribution in [0.1, 0.15) is 11.1 Å². The predicted octanol–water partition coefficient (Wildman–Crippen LogP) is 3.48. The standard InChI is InChI=1S/C21H19NO6S/c1-26-16-10-6-9-15(19(16)28-13-14-7-4-3-5-8-14)11-17-20(24)22(21(25)29-17)12-18(23)27-2/h3-11H,12-13H2,1-2H3/b17-11-. The molecule has 7 nitrogen and oxygen atoms in total. The molecule has 0 spiro atoms. The zero-order chi connectivity index (χ0) is 20.8. The van der Waals surface area contributed by atoms with Gasteiger partial charge in [0.1, 0.15) is 13.2 Å². The Balaban J connectivity index is 1.87. The van der Waals surface area contributed by atoms with Gasteiger partial charge in [0, 0.05) is 5.56 Å². The van der Waals surface area contributed by atoms with E-state index in [1.54, 1.807) is 24.3 Å². The molecule has 1 heterocycles. The lowest BCUT2D eigenvalue weighted by Crippen LogP contribution is -2.34. The highest BCUT2D eigenvalue weighted by molar-refractivity contribution is 8.18. The molecular formula is C21H19NO6S. The molecule has 1 aliphatic heterocycles. The van der Waals surface area contributed by atoms with Gasteiger partial charge < -0.3 is 14.2 Å². The number of amides is 2. The molecule has 2 aromatic rings. The lowest BCUT2D eigenvalue weighted by Gasteiger charge is -2.14. The Morgan fingerprint density at radius 2 is 1.83 bits per heavy atom. The second kappa shape index (κ2) is 9.29. The van der Waals surface area contributed by atoms with E-state index < -0.39 is 23.7 Å². The molecule has 2 aromatic carbocycles. The average Bonchev–Trinajstić information content (AvgIpc) is 3.00. The van der Waals surface area contributed by atoms with Crippen LogP contribution in [0, 0.1) is 0 Å². The molecule has 0 N–H and O–H groups in total. The first-order valence-corrected chi connectivity index (χ1v) is 9.51. The van der Waals surface area contributed by atoms with Crippen molar-refractivity contribution in [3.8, 4) is 11.5 Å². The highest BCUT2D eigenvalue weighted by atomic mass is 32.2. The number of carbonyl (C=O) groups excluding carboxylic acids is 3. The Kier molecular flexibility index (Phi) is 6.56. The van der Waals surface area contributed by atoms with E-state index in [9.17, 15) is 14.4 Å². The molecule has 0 atom stereocenters. The highest BCUT2D eigenvalue weighted by Gasteiger charge is 2.36. The van der Waals surface area contributed by atoms with Gasteiger partial charge in [0.05, 0.1) is 19.1 Å². The van der Waals surface area contributed by atoms with Crippen molar-refractivity contribution in [2.45, 2.75) is 6.61 Å². The molecule has 0 radical (unpaired) electrons. The number of nitrogens with zero attached hydrogens (tertiary/aromatic N) is 1. The number of thioether (sulfide) groups is 1. The second-order valence-corrected chi connectivity index (χ2v) is 6.99. The molecule has 2 amide bonds. The Morgan fingerprint density at radius 1 is 1.07 bits per heavy atom. The van der Waals surface area contributed by atoms with Crippen molar-refractivity contribution in [1.29, 1.82) is 0 Å². The largest absolute Gasteiger partial charge is 0.493 e. The van der Waals surface area contributed by atoms with Gasteiger partial charge in [-0.15, -0.1) is 0 Å². The third-order valence-electron chi connectivity index (χ3n) is 4.13. The summed E-state index contributed by atoms with van der Waals surface area (Å²) in [6, 6.07) is 14.9. The zero-order valence-electron chi connectivity index (χ0n) is 15.9. The van der Waals surface area contributed by atoms with Gasteiger partial charge in [-0.3, -0.25) is 19.3 Å². The predicted molar refractivity (Wildman–Crippen MR) is 108 cm³/mol. The Hall–Kier alpha value is -3.26. The van der Waals surface area contributed by atoms with E-state index in [2.05, 4.69) is 4.74 Å². The summed E-state index contributed by atoms with van der Waals surface area (Å²) in [6.45, 7) is -0.111. The normalized spacial score (nSPS) is 15.0. The molecule has 0 aromatic heterocycles. The van der Waals surface area contributed by atoms with Crippen LogP contribution in [0.15, 0.2) is 53.4 Å². The van der Waals surface area contributed by atoms with Gasteiger partial charge in [0.2, 0.25) is 0 Å². The fraction of sp³-hybridized carbons (Fsp3) is 0.190. The molecular weight excluding hydrogens is 394 g/mol. The van der Waals surface area contributed by atoms with E-state index in [1.165, 1.54) is 14.2 Å². The van der Waals surface area contributed by atoms with Crippen LogP contribution in [0.2, 0.25) is 0 Å². The first-order valence-electron chi connectivity index (χ1n) is 8.69. The van der Waals surface area contributed by atoms with Crippen LogP contribution in [0.3, 0.4) is 0 Å². The zero-order valence-corrected chi connectivity index (χ0v) is 16.7. The topological polar surface area (TPSA) is 82.1 Å². The van der Waals surface area contributed by atoms with E-state index in [1.807, 2.05) is 30.3 Å². The molecule has 1 fully saturated rings. The van der Waals surface area contributed by atoms with Crippen LogP contribution in [0.4, 0.5) is 4.79 Å². The molecule has 0 bridgehead atoms. The Bertz CT molecular complexity index is 957. The maximum Gasteiger partial charge on any atom is 0.325 e. The molecule has 1 saturated heterocycles. The molecule has 0 unspecified atom stereocenters. The van der Waals surface area contributed by atoms with Gasteiger partial charge in [-0.2, -0.15) is 0 Å². The Labute approximate surface area is 172 Å². The van der Waals surface area contributed by atoms with E-state index in [0.29, 0.717) is 23.7 Å². The summed E-state index contributed by atoms with van der Waals surface area (Å²) in [5.74, 6) is -0.258. The third-order valence-corrected chi connectivity index (χ3v) is 5.04. The van der Waals surface area contributed by atoms with E-state index in [0.717, 1.165) is 22.2 Å². The molecule has 1 aliphatic rings. The summed E-state index contributed by atoms with van der Waals surface area (Å²) < 4.78 is 15.9. The van der Waals surface area contributed by atoms with Crippen LogP contribution < -0.4 is 9.47 Å². The van der Waals surface area contributed by atoms with Crippen LogP contribution in [-0.4, -0.2) is 42.8 Å². The maximum absolute atomic E-state index is 12.6. The van der Waals surface area contributed by atoms with Gasteiger partial charge in [0.15, 0.2) is 11.5 Å². The SMILES string of the molecule is COC(=O)CN1C(=O)S/C(=C\c2cccc(OC)c2OCc2ccccc2)C1=O. The average molecular weight is 413 g/mol.